The first-order chi connectivity index (χ1) is 19.5. The van der Waals surface area contributed by atoms with Gasteiger partial charge in [-0.25, -0.2) is 9.37 Å². The summed E-state index contributed by atoms with van der Waals surface area (Å²) >= 11 is 0. The molecule has 0 spiro atoms. The van der Waals surface area contributed by atoms with Crippen molar-refractivity contribution < 1.29 is 33.4 Å². The van der Waals surface area contributed by atoms with Crippen LogP contribution in [0.25, 0.3) is 11.0 Å². The number of nitrogens with two attached hydrogens (primary N) is 2. The molecule has 0 aliphatic carbocycles. The number of hydrogen-bond donors (Lipinski definition) is 4. The van der Waals surface area contributed by atoms with Gasteiger partial charge in [-0.2, -0.15) is 0 Å². The third-order valence-corrected chi connectivity index (χ3v) is 6.67. The van der Waals surface area contributed by atoms with Gasteiger partial charge in [0.15, 0.2) is 6.79 Å². The molecule has 41 heavy (non-hydrogen) atoms. The number of fused-ring (bicyclic) bond motifs is 1. The van der Waals surface area contributed by atoms with Crippen molar-refractivity contribution in [2.75, 3.05) is 13.3 Å². The number of hydrogen-bond acceptors (Lipinski definition) is 9. The molecular formula is C29H36FN5O6. The smallest absolute Gasteiger partial charge is 0.321 e. The number of aliphatic hydroxyl groups is 1. The summed E-state index contributed by atoms with van der Waals surface area (Å²) in [5.41, 5.74) is 11.8. The fourth-order valence-electron chi connectivity index (χ4n) is 4.25. The van der Waals surface area contributed by atoms with Crippen LogP contribution in [0.5, 0.6) is 0 Å². The van der Waals surface area contributed by atoms with Crippen LogP contribution < -0.4 is 16.8 Å². The Morgan fingerprint density at radius 1 is 1.12 bits per heavy atom. The normalized spacial score (nSPS) is 13.8. The Morgan fingerprint density at radius 3 is 2.54 bits per heavy atom. The highest BCUT2D eigenvalue weighted by Crippen LogP contribution is 2.24. The van der Waals surface area contributed by atoms with Gasteiger partial charge in [0.2, 0.25) is 5.91 Å². The SMILES string of the molecule is CC(C)(CCC(CC(O)C(Cc1cccc(F)c1)NC(=O)c1cnc2ccccc2n1)C(N)=O)OCOC(=O)CN. The van der Waals surface area contributed by atoms with E-state index in [2.05, 4.69) is 15.3 Å². The van der Waals surface area contributed by atoms with E-state index in [1.54, 1.807) is 44.2 Å². The number of nitrogens with one attached hydrogen (secondary N) is 1. The lowest BCUT2D eigenvalue weighted by atomic mass is 9.87. The van der Waals surface area contributed by atoms with Gasteiger partial charge < -0.3 is 31.4 Å². The molecule has 0 aliphatic rings. The molecule has 3 unspecified atom stereocenters. The molecule has 2 amide bonds. The minimum atomic E-state index is -1.22. The molecule has 0 saturated heterocycles. The first-order valence-electron chi connectivity index (χ1n) is 13.2. The number of nitrogens with zero attached hydrogens (tertiary/aromatic N) is 2. The van der Waals surface area contributed by atoms with E-state index in [1.165, 1.54) is 24.4 Å². The molecule has 0 radical (unpaired) electrons. The highest BCUT2D eigenvalue weighted by molar-refractivity contribution is 5.94. The van der Waals surface area contributed by atoms with E-state index >= 15 is 0 Å². The Balaban J connectivity index is 1.72. The van der Waals surface area contributed by atoms with Gasteiger partial charge in [-0.3, -0.25) is 19.4 Å². The van der Waals surface area contributed by atoms with Crippen molar-refractivity contribution in [1.82, 2.24) is 15.3 Å². The maximum atomic E-state index is 13.9. The van der Waals surface area contributed by atoms with Gasteiger partial charge in [0.1, 0.15) is 11.5 Å². The molecule has 1 heterocycles. The second kappa shape index (κ2) is 14.6. The lowest BCUT2D eigenvalue weighted by Gasteiger charge is -2.29. The van der Waals surface area contributed by atoms with E-state index in [-0.39, 0.29) is 38.3 Å². The maximum absolute atomic E-state index is 13.9. The molecule has 0 bridgehead atoms. The predicted molar refractivity (Wildman–Crippen MR) is 149 cm³/mol. The number of ether oxygens (including phenoxy) is 2. The second-order valence-corrected chi connectivity index (χ2v) is 10.3. The average Bonchev–Trinajstić information content (AvgIpc) is 2.94. The lowest BCUT2D eigenvalue weighted by Crippen LogP contribution is -2.46. The summed E-state index contributed by atoms with van der Waals surface area (Å²) in [6, 6.07) is 12.0. The van der Waals surface area contributed by atoms with Gasteiger partial charge in [-0.05, 0) is 69.4 Å². The molecule has 0 saturated carbocycles. The molecule has 12 heteroatoms. The Morgan fingerprint density at radius 2 is 1.85 bits per heavy atom. The van der Waals surface area contributed by atoms with E-state index < -0.39 is 47.3 Å². The van der Waals surface area contributed by atoms with Crippen LogP contribution in [0, 0.1) is 11.7 Å². The van der Waals surface area contributed by atoms with Crippen molar-refractivity contribution in [2.45, 2.75) is 57.3 Å². The van der Waals surface area contributed by atoms with Crippen molar-refractivity contribution in [3.63, 3.8) is 0 Å². The topological polar surface area (TPSA) is 180 Å². The Labute approximate surface area is 237 Å². The van der Waals surface area contributed by atoms with Crippen molar-refractivity contribution in [1.29, 1.82) is 0 Å². The number of aliphatic hydroxyl groups excluding tert-OH is 1. The molecule has 6 N–H and O–H groups in total. The summed E-state index contributed by atoms with van der Waals surface area (Å²) in [6.45, 7) is 2.95. The first kappa shape index (κ1) is 31.5. The molecule has 2 aromatic carbocycles. The lowest BCUT2D eigenvalue weighted by molar-refractivity contribution is -0.168. The van der Waals surface area contributed by atoms with Crippen LogP contribution in [0.2, 0.25) is 0 Å². The number of esters is 1. The molecule has 0 fully saturated rings. The van der Waals surface area contributed by atoms with Crippen LogP contribution in [-0.2, 0) is 25.5 Å². The summed E-state index contributed by atoms with van der Waals surface area (Å²) in [5, 5.41) is 14.0. The van der Waals surface area contributed by atoms with Gasteiger partial charge in [0, 0.05) is 5.92 Å². The molecule has 0 aliphatic heterocycles. The van der Waals surface area contributed by atoms with Crippen LogP contribution in [-0.4, -0.2) is 63.9 Å². The minimum Gasteiger partial charge on any atom is -0.437 e. The first-order valence-corrected chi connectivity index (χ1v) is 13.2. The summed E-state index contributed by atoms with van der Waals surface area (Å²) in [7, 11) is 0. The van der Waals surface area contributed by atoms with Crippen molar-refractivity contribution >= 4 is 28.8 Å². The Hall–Kier alpha value is -4.00. The monoisotopic (exact) mass is 569 g/mol. The number of para-hydroxylation sites is 2. The number of primary amides is 1. The minimum absolute atomic E-state index is 0.0424. The van der Waals surface area contributed by atoms with E-state index in [1.807, 2.05) is 0 Å². The van der Waals surface area contributed by atoms with E-state index in [0.717, 1.165) is 0 Å². The summed E-state index contributed by atoms with van der Waals surface area (Å²) in [5.74, 6) is -3.06. The second-order valence-electron chi connectivity index (χ2n) is 10.3. The predicted octanol–water partition coefficient (Wildman–Crippen LogP) is 2.00. The van der Waals surface area contributed by atoms with Crippen LogP contribution in [0.15, 0.2) is 54.7 Å². The highest BCUT2D eigenvalue weighted by Gasteiger charge is 2.30. The van der Waals surface area contributed by atoms with E-state index in [0.29, 0.717) is 23.0 Å². The maximum Gasteiger partial charge on any atom is 0.321 e. The molecule has 3 rings (SSSR count). The molecular weight excluding hydrogens is 533 g/mol. The van der Waals surface area contributed by atoms with Crippen molar-refractivity contribution in [2.24, 2.45) is 17.4 Å². The third kappa shape index (κ3) is 9.85. The number of halogens is 1. The summed E-state index contributed by atoms with van der Waals surface area (Å²) < 4.78 is 24.3. The zero-order valence-electron chi connectivity index (χ0n) is 23.1. The van der Waals surface area contributed by atoms with Crippen molar-refractivity contribution in [3.8, 4) is 0 Å². The van der Waals surface area contributed by atoms with Crippen LogP contribution in [0.3, 0.4) is 0 Å². The van der Waals surface area contributed by atoms with Crippen LogP contribution >= 0.6 is 0 Å². The number of aromatic nitrogens is 2. The molecule has 1 aromatic heterocycles. The largest absolute Gasteiger partial charge is 0.437 e. The Bertz CT molecular complexity index is 1350. The molecule has 220 valence electrons. The van der Waals surface area contributed by atoms with Crippen molar-refractivity contribution in [3.05, 3.63) is 71.8 Å². The number of benzene rings is 2. The average molecular weight is 570 g/mol. The highest BCUT2D eigenvalue weighted by atomic mass is 19.1. The fraction of sp³-hybridized carbons (Fsp3) is 0.414. The third-order valence-electron chi connectivity index (χ3n) is 6.67. The van der Waals surface area contributed by atoms with Gasteiger partial charge in [0.25, 0.3) is 5.91 Å². The standard InChI is InChI=1S/C29H36FN5O6/c1-29(2,41-17-40-26(37)15-31)11-10-19(27(32)38)14-25(36)23(13-18-6-5-7-20(30)12-18)35-28(39)24-16-33-21-8-3-4-9-22(21)34-24/h3-9,12,16,19,23,25,36H,10-11,13-15,17,31H2,1-2H3,(H2,32,38)(H,35,39). The quantitative estimate of drug-likeness (QED) is 0.157. The van der Waals surface area contributed by atoms with Crippen LogP contribution in [0.1, 0.15) is 49.2 Å². The van der Waals surface area contributed by atoms with Gasteiger partial charge in [-0.1, -0.05) is 24.3 Å². The van der Waals surface area contributed by atoms with E-state index in [4.69, 9.17) is 20.9 Å². The number of carbonyl (C=O) groups excluding carboxylic acids is 3. The van der Waals surface area contributed by atoms with Crippen LogP contribution in [0.4, 0.5) is 4.39 Å². The molecule has 3 aromatic rings. The molecule has 3 atom stereocenters. The number of amides is 2. The van der Waals surface area contributed by atoms with Gasteiger partial charge in [0.05, 0.1) is 41.5 Å². The fourth-order valence-corrected chi connectivity index (χ4v) is 4.25. The zero-order valence-corrected chi connectivity index (χ0v) is 23.1. The van der Waals surface area contributed by atoms with Gasteiger partial charge >= 0.3 is 5.97 Å². The molecule has 11 nitrogen and oxygen atoms in total. The van der Waals surface area contributed by atoms with Gasteiger partial charge in [-0.15, -0.1) is 0 Å². The summed E-state index contributed by atoms with van der Waals surface area (Å²) in [4.78, 5) is 45.3. The number of carbonyl (C=O) groups is 3. The number of rotatable bonds is 15. The zero-order chi connectivity index (χ0) is 30.0. The van der Waals surface area contributed by atoms with E-state index in [9.17, 15) is 23.9 Å². The summed E-state index contributed by atoms with van der Waals surface area (Å²) in [6.07, 6.45) is 0.725. The Kier molecular flexibility index (Phi) is 11.2.